The van der Waals surface area contributed by atoms with Crippen LogP contribution in [0.2, 0.25) is 0 Å². The van der Waals surface area contributed by atoms with Crippen molar-refractivity contribution in [2.45, 2.75) is 13.0 Å². The van der Waals surface area contributed by atoms with E-state index >= 15 is 0 Å². The molecule has 1 atom stereocenters. The molecule has 176 valence electrons. The van der Waals surface area contributed by atoms with Gasteiger partial charge in [-0.2, -0.15) is 0 Å². The van der Waals surface area contributed by atoms with E-state index in [0.29, 0.717) is 5.56 Å². The third kappa shape index (κ3) is 4.93. The van der Waals surface area contributed by atoms with Crippen LogP contribution in [0.1, 0.15) is 60.0 Å². The van der Waals surface area contributed by atoms with E-state index in [1.165, 1.54) is 18.2 Å². The Morgan fingerprint density at radius 2 is 1.43 bits per heavy atom. The highest BCUT2D eigenvalue weighted by atomic mass is 16.5. The SMILES string of the molecule is C[C@H](c1ccccc1)N1C(=O)c2ccc(C(=O)OCC(=O)NNC(=O)c3ccccc3)cc2C1=O. The second kappa shape index (κ2) is 10.0. The zero-order chi connectivity index (χ0) is 24.9. The molecule has 0 radical (unpaired) electrons. The van der Waals surface area contributed by atoms with E-state index in [1.807, 2.05) is 30.3 Å². The minimum Gasteiger partial charge on any atom is -0.452 e. The van der Waals surface area contributed by atoms with Gasteiger partial charge in [0.25, 0.3) is 23.6 Å². The number of hydrogen-bond donors (Lipinski definition) is 2. The predicted octanol–water partition coefficient (Wildman–Crippen LogP) is 2.66. The topological polar surface area (TPSA) is 122 Å². The Morgan fingerprint density at radius 3 is 2.11 bits per heavy atom. The van der Waals surface area contributed by atoms with Crippen molar-refractivity contribution in [3.63, 3.8) is 0 Å². The number of hydrazine groups is 1. The van der Waals surface area contributed by atoms with Crippen LogP contribution in [0, 0.1) is 0 Å². The lowest BCUT2D eigenvalue weighted by Gasteiger charge is -2.22. The van der Waals surface area contributed by atoms with Gasteiger partial charge in [0, 0.05) is 5.56 Å². The Hall–Kier alpha value is -4.79. The summed E-state index contributed by atoms with van der Waals surface area (Å²) < 4.78 is 4.98. The van der Waals surface area contributed by atoms with Gasteiger partial charge >= 0.3 is 5.97 Å². The van der Waals surface area contributed by atoms with Gasteiger partial charge in [0.2, 0.25) is 0 Å². The van der Waals surface area contributed by atoms with Gasteiger partial charge in [-0.25, -0.2) is 4.79 Å². The van der Waals surface area contributed by atoms with E-state index in [-0.39, 0.29) is 16.7 Å². The number of hydrogen-bond acceptors (Lipinski definition) is 6. The predicted molar refractivity (Wildman–Crippen MR) is 124 cm³/mol. The molecule has 0 unspecified atom stereocenters. The summed E-state index contributed by atoms with van der Waals surface area (Å²) in [7, 11) is 0. The van der Waals surface area contributed by atoms with Crippen LogP contribution in [-0.2, 0) is 9.53 Å². The molecule has 0 spiro atoms. The van der Waals surface area contributed by atoms with Crippen molar-refractivity contribution in [3.05, 3.63) is 107 Å². The maximum atomic E-state index is 13.0. The summed E-state index contributed by atoms with van der Waals surface area (Å²) >= 11 is 0. The molecule has 0 bridgehead atoms. The molecule has 0 saturated carbocycles. The Bertz CT molecular complexity index is 1310. The van der Waals surface area contributed by atoms with Crippen LogP contribution in [0.15, 0.2) is 78.9 Å². The summed E-state index contributed by atoms with van der Waals surface area (Å²) in [5, 5.41) is 0. The fourth-order valence-electron chi connectivity index (χ4n) is 3.66. The number of carbonyl (C=O) groups is 5. The molecule has 4 rings (SSSR count). The summed E-state index contributed by atoms with van der Waals surface area (Å²) in [5.74, 6) is -3.10. The number of nitrogens with zero attached hydrogens (tertiary/aromatic N) is 1. The average molecular weight is 471 g/mol. The molecule has 0 fully saturated rings. The van der Waals surface area contributed by atoms with Crippen molar-refractivity contribution in [3.8, 4) is 0 Å². The molecule has 1 heterocycles. The first-order valence-corrected chi connectivity index (χ1v) is 10.7. The lowest BCUT2D eigenvalue weighted by atomic mass is 10.1. The third-order valence-electron chi connectivity index (χ3n) is 5.51. The molecule has 2 N–H and O–H groups in total. The molecule has 9 nitrogen and oxygen atoms in total. The van der Waals surface area contributed by atoms with E-state index in [9.17, 15) is 24.0 Å². The van der Waals surface area contributed by atoms with Crippen LogP contribution in [-0.4, -0.2) is 41.1 Å². The summed E-state index contributed by atoms with van der Waals surface area (Å²) in [6, 6.07) is 20.9. The number of esters is 1. The number of imide groups is 1. The third-order valence-corrected chi connectivity index (χ3v) is 5.51. The molecule has 1 aliphatic rings. The van der Waals surface area contributed by atoms with Gasteiger partial charge in [0.1, 0.15) is 0 Å². The zero-order valence-corrected chi connectivity index (χ0v) is 18.7. The van der Waals surface area contributed by atoms with Gasteiger partial charge in [-0.1, -0.05) is 48.5 Å². The van der Waals surface area contributed by atoms with Crippen LogP contribution in [0.3, 0.4) is 0 Å². The van der Waals surface area contributed by atoms with Crippen LogP contribution in [0.5, 0.6) is 0 Å². The van der Waals surface area contributed by atoms with Crippen LogP contribution >= 0.6 is 0 Å². The zero-order valence-electron chi connectivity index (χ0n) is 18.7. The fourth-order valence-corrected chi connectivity index (χ4v) is 3.66. The van der Waals surface area contributed by atoms with Crippen molar-refractivity contribution >= 4 is 29.6 Å². The number of nitrogens with one attached hydrogen (secondary N) is 2. The maximum Gasteiger partial charge on any atom is 0.338 e. The Balaban J connectivity index is 1.36. The van der Waals surface area contributed by atoms with Crippen molar-refractivity contribution in [1.29, 1.82) is 0 Å². The largest absolute Gasteiger partial charge is 0.452 e. The molecule has 4 amide bonds. The smallest absolute Gasteiger partial charge is 0.338 e. The monoisotopic (exact) mass is 471 g/mol. The molecule has 0 aliphatic carbocycles. The van der Waals surface area contributed by atoms with Crippen molar-refractivity contribution in [1.82, 2.24) is 15.8 Å². The molecule has 3 aromatic carbocycles. The van der Waals surface area contributed by atoms with E-state index in [1.54, 1.807) is 37.3 Å². The lowest BCUT2D eigenvalue weighted by molar-refractivity contribution is -0.125. The Labute approximate surface area is 200 Å². The summed E-state index contributed by atoms with van der Waals surface area (Å²) in [6.07, 6.45) is 0. The number of ether oxygens (including phenoxy) is 1. The van der Waals surface area contributed by atoms with Gasteiger partial charge in [-0.3, -0.25) is 34.9 Å². The second-order valence-electron chi connectivity index (χ2n) is 7.77. The standard InChI is InChI=1S/C26H21N3O6/c1-16(17-8-4-2-5-9-17)29-24(32)20-13-12-19(14-21(20)25(29)33)26(34)35-15-22(30)27-28-23(31)18-10-6-3-7-11-18/h2-14,16H,15H2,1H3,(H,27,30)(H,28,31)/t16-/m1/s1. The van der Waals surface area contributed by atoms with Gasteiger partial charge in [-0.15, -0.1) is 0 Å². The van der Waals surface area contributed by atoms with Crippen LogP contribution in [0.4, 0.5) is 0 Å². The highest BCUT2D eigenvalue weighted by Crippen LogP contribution is 2.31. The van der Waals surface area contributed by atoms with Crippen molar-refractivity contribution < 1.29 is 28.7 Å². The number of fused-ring (bicyclic) bond motifs is 1. The van der Waals surface area contributed by atoms with Gasteiger partial charge in [0.15, 0.2) is 6.61 Å². The second-order valence-corrected chi connectivity index (χ2v) is 7.77. The van der Waals surface area contributed by atoms with Gasteiger partial charge < -0.3 is 4.74 Å². The number of rotatable bonds is 6. The maximum absolute atomic E-state index is 13.0. The molecule has 3 aromatic rings. The summed E-state index contributed by atoms with van der Waals surface area (Å²) in [4.78, 5) is 63.3. The first-order valence-electron chi connectivity index (χ1n) is 10.7. The molecule has 0 saturated heterocycles. The first kappa shape index (κ1) is 23.4. The lowest BCUT2D eigenvalue weighted by Crippen LogP contribution is -2.43. The van der Waals surface area contributed by atoms with E-state index in [0.717, 1.165) is 10.5 Å². The quantitative estimate of drug-likeness (QED) is 0.324. The van der Waals surface area contributed by atoms with E-state index in [4.69, 9.17) is 4.74 Å². The van der Waals surface area contributed by atoms with Crippen molar-refractivity contribution in [2.75, 3.05) is 6.61 Å². The first-order chi connectivity index (χ1) is 16.9. The van der Waals surface area contributed by atoms with Crippen LogP contribution in [0.25, 0.3) is 0 Å². The minimum atomic E-state index is -0.854. The summed E-state index contributed by atoms with van der Waals surface area (Å²) in [6.45, 7) is 1.09. The minimum absolute atomic E-state index is 0.0141. The fraction of sp³-hybridized carbons (Fsp3) is 0.115. The van der Waals surface area contributed by atoms with Crippen molar-refractivity contribution in [2.24, 2.45) is 0 Å². The number of carbonyl (C=O) groups excluding carboxylic acids is 5. The highest BCUT2D eigenvalue weighted by Gasteiger charge is 2.39. The molecular formula is C26H21N3O6. The van der Waals surface area contributed by atoms with Gasteiger partial charge in [0.05, 0.1) is 22.7 Å². The molecule has 1 aliphatic heterocycles. The van der Waals surface area contributed by atoms with E-state index in [2.05, 4.69) is 10.9 Å². The molecule has 9 heteroatoms. The number of amides is 4. The Morgan fingerprint density at radius 1 is 0.800 bits per heavy atom. The van der Waals surface area contributed by atoms with E-state index < -0.39 is 42.2 Å². The van der Waals surface area contributed by atoms with Gasteiger partial charge in [-0.05, 0) is 42.8 Å². The molecule has 35 heavy (non-hydrogen) atoms. The molecule has 0 aromatic heterocycles. The summed E-state index contributed by atoms with van der Waals surface area (Å²) in [5.41, 5.74) is 5.81. The van der Waals surface area contributed by atoms with Crippen LogP contribution < -0.4 is 10.9 Å². The number of benzene rings is 3. The average Bonchev–Trinajstić information content (AvgIpc) is 3.15. The highest BCUT2D eigenvalue weighted by molar-refractivity contribution is 6.22. The molecular weight excluding hydrogens is 450 g/mol. The Kier molecular flexibility index (Phi) is 6.68. The normalized spacial score (nSPS) is 13.1.